The molecule has 0 bridgehead atoms. The highest BCUT2D eigenvalue weighted by Crippen LogP contribution is 2.49. The van der Waals surface area contributed by atoms with Gasteiger partial charge in [-0.2, -0.15) is 0 Å². The lowest BCUT2D eigenvalue weighted by molar-refractivity contribution is 0.419. The Kier molecular flexibility index (Phi) is 3.21. The molecule has 0 radical (unpaired) electrons. The van der Waals surface area contributed by atoms with Crippen LogP contribution < -0.4 is 10.1 Å². The lowest BCUT2D eigenvalue weighted by Gasteiger charge is -2.17. The summed E-state index contributed by atoms with van der Waals surface area (Å²) in [5.41, 5.74) is 0. The van der Waals surface area contributed by atoms with E-state index in [4.69, 9.17) is 4.74 Å². The van der Waals surface area contributed by atoms with E-state index < -0.39 is 0 Å². The van der Waals surface area contributed by atoms with Crippen molar-refractivity contribution in [1.82, 2.24) is 4.98 Å². The van der Waals surface area contributed by atoms with Crippen molar-refractivity contribution in [3.63, 3.8) is 0 Å². The minimum Gasteiger partial charge on any atom is -0.496 e. The molecule has 0 aliphatic heterocycles. The van der Waals surface area contributed by atoms with E-state index in [9.17, 15) is 0 Å². The van der Waals surface area contributed by atoms with Crippen LogP contribution in [0.25, 0.3) is 10.8 Å². The number of benzene rings is 1. The van der Waals surface area contributed by atoms with E-state index >= 15 is 0 Å². The van der Waals surface area contributed by atoms with E-state index in [1.807, 2.05) is 24.4 Å². The molecule has 1 N–H and O–H groups in total. The molecule has 2 aliphatic rings. The second kappa shape index (κ2) is 5.21. The SMILES string of the molecule is COc1cccc2c(NCC(C3CC3)C3CC3)nccc12. The maximum Gasteiger partial charge on any atom is 0.133 e. The van der Waals surface area contributed by atoms with Crippen LogP contribution in [0.4, 0.5) is 5.82 Å². The molecule has 2 fully saturated rings. The molecule has 3 nitrogen and oxygen atoms in total. The quantitative estimate of drug-likeness (QED) is 0.866. The molecule has 2 aliphatic carbocycles. The van der Waals surface area contributed by atoms with Crippen LogP contribution in [0.15, 0.2) is 30.5 Å². The summed E-state index contributed by atoms with van der Waals surface area (Å²) in [5, 5.41) is 5.90. The molecule has 4 rings (SSSR count). The first kappa shape index (κ1) is 12.9. The molecule has 0 spiro atoms. The second-order valence-corrected chi connectivity index (χ2v) is 6.43. The Morgan fingerprint density at radius 1 is 1.14 bits per heavy atom. The van der Waals surface area contributed by atoms with Gasteiger partial charge in [-0.15, -0.1) is 0 Å². The van der Waals surface area contributed by atoms with Gasteiger partial charge in [0, 0.05) is 23.5 Å². The van der Waals surface area contributed by atoms with Crippen LogP contribution in [0.3, 0.4) is 0 Å². The van der Waals surface area contributed by atoms with Crippen molar-refractivity contribution >= 4 is 16.6 Å². The Morgan fingerprint density at radius 3 is 2.57 bits per heavy atom. The summed E-state index contributed by atoms with van der Waals surface area (Å²) in [5.74, 6) is 4.70. The number of aromatic nitrogens is 1. The number of rotatable bonds is 6. The van der Waals surface area contributed by atoms with Gasteiger partial charge in [-0.1, -0.05) is 12.1 Å². The lowest BCUT2D eigenvalue weighted by Crippen LogP contribution is -2.18. The molecule has 0 unspecified atom stereocenters. The molecule has 1 aromatic carbocycles. The molecule has 1 aromatic heterocycles. The van der Waals surface area contributed by atoms with Crippen molar-refractivity contribution in [1.29, 1.82) is 0 Å². The summed E-state index contributed by atoms with van der Waals surface area (Å²) in [6, 6.07) is 8.19. The smallest absolute Gasteiger partial charge is 0.133 e. The van der Waals surface area contributed by atoms with Crippen molar-refractivity contribution in [3.8, 4) is 5.75 Å². The van der Waals surface area contributed by atoms with Gasteiger partial charge in [0.1, 0.15) is 11.6 Å². The second-order valence-electron chi connectivity index (χ2n) is 6.43. The average Bonchev–Trinajstić information content (AvgIpc) is 3.40. The Morgan fingerprint density at radius 2 is 1.90 bits per heavy atom. The van der Waals surface area contributed by atoms with Gasteiger partial charge in [0.2, 0.25) is 0 Å². The zero-order valence-corrected chi connectivity index (χ0v) is 12.5. The minimum absolute atomic E-state index is 0.854. The van der Waals surface area contributed by atoms with E-state index in [0.29, 0.717) is 0 Å². The van der Waals surface area contributed by atoms with Gasteiger partial charge >= 0.3 is 0 Å². The number of fused-ring (bicyclic) bond motifs is 1. The molecule has 21 heavy (non-hydrogen) atoms. The minimum atomic E-state index is 0.854. The van der Waals surface area contributed by atoms with Crippen LogP contribution in [0.1, 0.15) is 25.7 Å². The van der Waals surface area contributed by atoms with E-state index in [2.05, 4.69) is 16.4 Å². The number of ether oxygens (including phenoxy) is 1. The number of nitrogens with zero attached hydrogens (tertiary/aromatic N) is 1. The van der Waals surface area contributed by atoms with Crippen molar-refractivity contribution < 1.29 is 4.74 Å². The normalized spacial score (nSPS) is 18.2. The summed E-state index contributed by atoms with van der Waals surface area (Å²) in [7, 11) is 1.72. The van der Waals surface area contributed by atoms with Gasteiger partial charge in [-0.05, 0) is 55.6 Å². The van der Waals surface area contributed by atoms with E-state index in [-0.39, 0.29) is 0 Å². The van der Waals surface area contributed by atoms with Crippen LogP contribution in [-0.4, -0.2) is 18.6 Å². The number of hydrogen-bond acceptors (Lipinski definition) is 3. The topological polar surface area (TPSA) is 34.1 Å². The van der Waals surface area contributed by atoms with Crippen LogP contribution in [0.5, 0.6) is 5.75 Å². The number of hydrogen-bond donors (Lipinski definition) is 1. The third-order valence-corrected chi connectivity index (χ3v) is 4.95. The molecule has 1 heterocycles. The fraction of sp³-hybridized carbons (Fsp3) is 0.500. The summed E-state index contributed by atoms with van der Waals surface area (Å²) >= 11 is 0. The summed E-state index contributed by atoms with van der Waals surface area (Å²) in [4.78, 5) is 4.55. The summed E-state index contributed by atoms with van der Waals surface area (Å²) in [6.07, 6.45) is 7.59. The predicted molar refractivity (Wildman–Crippen MR) is 85.7 cm³/mol. The van der Waals surface area contributed by atoms with Crippen molar-refractivity contribution in [2.45, 2.75) is 25.7 Å². The average molecular weight is 282 g/mol. The number of pyridine rings is 1. The number of anilines is 1. The van der Waals surface area contributed by atoms with Crippen LogP contribution in [-0.2, 0) is 0 Å². The molecule has 0 atom stereocenters. The highest BCUT2D eigenvalue weighted by Gasteiger charge is 2.41. The first-order valence-electron chi connectivity index (χ1n) is 8.02. The third kappa shape index (κ3) is 2.57. The molecule has 0 saturated heterocycles. The summed E-state index contributed by atoms with van der Waals surface area (Å²) in [6.45, 7) is 1.07. The van der Waals surface area contributed by atoms with Crippen molar-refractivity contribution in [3.05, 3.63) is 30.5 Å². The zero-order chi connectivity index (χ0) is 14.2. The number of nitrogens with one attached hydrogen (secondary N) is 1. The molecule has 3 heteroatoms. The van der Waals surface area contributed by atoms with Gasteiger partial charge in [-0.3, -0.25) is 0 Å². The Balaban J connectivity index is 1.58. The molecule has 2 aromatic rings. The maximum atomic E-state index is 5.45. The van der Waals surface area contributed by atoms with E-state index in [1.54, 1.807) is 7.11 Å². The Labute approximate surface area is 125 Å². The standard InChI is InChI=1S/C18H22N2O/c1-21-17-4-2-3-15-14(17)9-10-19-18(15)20-11-16(12-5-6-12)13-7-8-13/h2-4,9-10,12-13,16H,5-8,11H2,1H3,(H,19,20). The highest BCUT2D eigenvalue weighted by atomic mass is 16.5. The lowest BCUT2D eigenvalue weighted by atomic mass is 9.98. The molecular weight excluding hydrogens is 260 g/mol. The monoisotopic (exact) mass is 282 g/mol. The fourth-order valence-electron chi connectivity index (χ4n) is 3.48. The third-order valence-electron chi connectivity index (χ3n) is 4.95. The van der Waals surface area contributed by atoms with Gasteiger partial charge in [0.15, 0.2) is 0 Å². The highest BCUT2D eigenvalue weighted by molar-refractivity contribution is 5.95. The fourth-order valence-corrected chi connectivity index (χ4v) is 3.48. The first-order valence-corrected chi connectivity index (χ1v) is 8.02. The maximum absolute atomic E-state index is 5.45. The van der Waals surface area contributed by atoms with Gasteiger partial charge in [-0.25, -0.2) is 4.98 Å². The molecular formula is C18H22N2O. The molecule has 110 valence electrons. The van der Waals surface area contributed by atoms with Gasteiger partial charge < -0.3 is 10.1 Å². The zero-order valence-electron chi connectivity index (χ0n) is 12.5. The largest absolute Gasteiger partial charge is 0.496 e. The van der Waals surface area contributed by atoms with Crippen LogP contribution in [0, 0.1) is 17.8 Å². The van der Waals surface area contributed by atoms with Crippen molar-refractivity contribution in [2.24, 2.45) is 17.8 Å². The summed E-state index contributed by atoms with van der Waals surface area (Å²) < 4.78 is 5.45. The van der Waals surface area contributed by atoms with Crippen LogP contribution >= 0.6 is 0 Å². The first-order chi connectivity index (χ1) is 10.4. The van der Waals surface area contributed by atoms with Gasteiger partial charge in [0.05, 0.1) is 7.11 Å². The van der Waals surface area contributed by atoms with Crippen LogP contribution in [0.2, 0.25) is 0 Å². The van der Waals surface area contributed by atoms with E-state index in [1.165, 1.54) is 25.7 Å². The van der Waals surface area contributed by atoms with Crippen molar-refractivity contribution in [2.75, 3.05) is 19.0 Å². The van der Waals surface area contributed by atoms with Gasteiger partial charge in [0.25, 0.3) is 0 Å². The molecule has 2 saturated carbocycles. The molecule has 0 amide bonds. The number of methoxy groups -OCH3 is 1. The predicted octanol–water partition coefficient (Wildman–Crippen LogP) is 4.09. The Hall–Kier alpha value is -1.77. The van der Waals surface area contributed by atoms with E-state index in [0.717, 1.165) is 46.6 Å². The Bertz CT molecular complexity index is 635.